The van der Waals surface area contributed by atoms with Gasteiger partial charge in [0.2, 0.25) is 0 Å². The van der Waals surface area contributed by atoms with E-state index in [0.717, 1.165) is 16.6 Å². The van der Waals surface area contributed by atoms with E-state index in [4.69, 9.17) is 5.11 Å². The first kappa shape index (κ1) is 10.5. The van der Waals surface area contributed by atoms with Gasteiger partial charge in [-0.3, -0.25) is 0 Å². The lowest BCUT2D eigenvalue weighted by molar-refractivity contribution is 0.0686. The standard InChI is InChI=1S/C9H7F2N3O2/c1-4-12-7-3-5(8(10)11)2-6(9(15)16)14(7)13-4/h2-3,8H,1H3,(H,15,16). The minimum Gasteiger partial charge on any atom is -0.477 e. The highest BCUT2D eigenvalue weighted by Crippen LogP contribution is 2.21. The maximum absolute atomic E-state index is 12.5. The first-order valence-corrected chi connectivity index (χ1v) is 4.38. The first-order valence-electron chi connectivity index (χ1n) is 4.38. The molecular weight excluding hydrogens is 220 g/mol. The Balaban J connectivity index is 2.78. The third-order valence-corrected chi connectivity index (χ3v) is 2.04. The summed E-state index contributed by atoms with van der Waals surface area (Å²) in [6.07, 6.45) is -2.74. The van der Waals surface area contributed by atoms with E-state index in [1.54, 1.807) is 6.92 Å². The largest absolute Gasteiger partial charge is 0.477 e. The van der Waals surface area contributed by atoms with Crippen molar-refractivity contribution in [2.75, 3.05) is 0 Å². The van der Waals surface area contributed by atoms with Crippen LogP contribution in [-0.4, -0.2) is 25.7 Å². The normalized spacial score (nSPS) is 11.2. The Morgan fingerprint density at radius 2 is 2.19 bits per heavy atom. The van der Waals surface area contributed by atoms with E-state index in [1.165, 1.54) is 0 Å². The van der Waals surface area contributed by atoms with E-state index in [1.807, 2.05) is 0 Å². The van der Waals surface area contributed by atoms with Crippen molar-refractivity contribution in [3.05, 3.63) is 29.2 Å². The molecule has 7 heteroatoms. The van der Waals surface area contributed by atoms with Crippen molar-refractivity contribution < 1.29 is 18.7 Å². The molecule has 0 atom stereocenters. The van der Waals surface area contributed by atoms with E-state index < -0.39 is 12.4 Å². The number of carboxylic acid groups (broad SMARTS) is 1. The number of hydrogen-bond acceptors (Lipinski definition) is 3. The molecule has 2 aromatic heterocycles. The average molecular weight is 227 g/mol. The molecule has 0 fully saturated rings. The van der Waals surface area contributed by atoms with Crippen molar-refractivity contribution in [1.29, 1.82) is 0 Å². The minimum absolute atomic E-state index is 0.104. The van der Waals surface area contributed by atoms with Crippen LogP contribution < -0.4 is 0 Å². The predicted octanol–water partition coefficient (Wildman–Crippen LogP) is 1.67. The van der Waals surface area contributed by atoms with Crippen molar-refractivity contribution in [3.63, 3.8) is 0 Å². The van der Waals surface area contributed by atoms with Gasteiger partial charge in [-0.2, -0.15) is 5.10 Å². The van der Waals surface area contributed by atoms with Gasteiger partial charge in [-0.1, -0.05) is 0 Å². The highest BCUT2D eigenvalue weighted by molar-refractivity contribution is 5.86. The van der Waals surface area contributed by atoms with Crippen molar-refractivity contribution in [2.24, 2.45) is 0 Å². The molecule has 2 rings (SSSR count). The average Bonchev–Trinajstić information content (AvgIpc) is 2.55. The number of aromatic carboxylic acids is 1. The monoisotopic (exact) mass is 227 g/mol. The van der Waals surface area contributed by atoms with Gasteiger partial charge in [-0.05, 0) is 19.1 Å². The Morgan fingerprint density at radius 3 is 2.75 bits per heavy atom. The number of fused-ring (bicyclic) bond motifs is 1. The number of nitrogens with zero attached hydrogens (tertiary/aromatic N) is 3. The fourth-order valence-corrected chi connectivity index (χ4v) is 1.39. The van der Waals surface area contributed by atoms with Crippen molar-refractivity contribution >= 4 is 11.6 Å². The zero-order valence-corrected chi connectivity index (χ0v) is 8.19. The Labute approximate surface area is 88.3 Å². The van der Waals surface area contributed by atoms with Crippen molar-refractivity contribution in [1.82, 2.24) is 14.6 Å². The molecule has 2 heterocycles. The molecule has 84 valence electrons. The lowest BCUT2D eigenvalue weighted by Gasteiger charge is -2.03. The molecule has 0 saturated carbocycles. The molecule has 0 bridgehead atoms. The van der Waals surface area contributed by atoms with Gasteiger partial charge in [0.25, 0.3) is 6.43 Å². The summed E-state index contributed by atoms with van der Waals surface area (Å²) >= 11 is 0. The van der Waals surface area contributed by atoms with Gasteiger partial charge in [-0.15, -0.1) is 0 Å². The van der Waals surface area contributed by atoms with Gasteiger partial charge in [0, 0.05) is 5.56 Å². The summed E-state index contributed by atoms with van der Waals surface area (Å²) in [4.78, 5) is 14.7. The van der Waals surface area contributed by atoms with Crippen LogP contribution in [0.3, 0.4) is 0 Å². The molecule has 0 spiro atoms. The summed E-state index contributed by atoms with van der Waals surface area (Å²) in [6, 6.07) is 2.02. The Bertz CT molecular complexity index is 565. The van der Waals surface area contributed by atoms with Crippen LogP contribution in [0.15, 0.2) is 12.1 Å². The quantitative estimate of drug-likeness (QED) is 0.847. The summed E-state index contributed by atoms with van der Waals surface area (Å²) in [5.41, 5.74) is -0.599. The van der Waals surface area contributed by atoms with E-state index in [2.05, 4.69) is 10.1 Å². The molecule has 0 amide bonds. The molecule has 0 radical (unpaired) electrons. The van der Waals surface area contributed by atoms with Gasteiger partial charge >= 0.3 is 5.97 Å². The summed E-state index contributed by atoms with van der Waals surface area (Å²) in [7, 11) is 0. The van der Waals surface area contributed by atoms with Crippen LogP contribution in [-0.2, 0) is 0 Å². The van der Waals surface area contributed by atoms with Gasteiger partial charge in [-0.25, -0.2) is 23.1 Å². The number of alkyl halides is 2. The number of halogens is 2. The number of hydrogen-bond donors (Lipinski definition) is 1. The number of carbonyl (C=O) groups is 1. The second kappa shape index (κ2) is 3.51. The summed E-state index contributed by atoms with van der Waals surface area (Å²) in [6.45, 7) is 1.56. The number of aryl methyl sites for hydroxylation is 1. The SMILES string of the molecule is Cc1nc2cc(C(F)F)cc(C(=O)O)n2n1. The molecule has 0 aliphatic rings. The van der Waals surface area contributed by atoms with Crippen LogP contribution in [0.1, 0.15) is 28.3 Å². The maximum Gasteiger partial charge on any atom is 0.354 e. The molecule has 0 aromatic carbocycles. The molecule has 0 unspecified atom stereocenters. The van der Waals surface area contributed by atoms with E-state index in [0.29, 0.717) is 5.82 Å². The maximum atomic E-state index is 12.5. The summed E-state index contributed by atoms with van der Waals surface area (Å²) in [5.74, 6) is -0.994. The first-order chi connectivity index (χ1) is 7.49. The van der Waals surface area contributed by atoms with Crippen LogP contribution in [0.5, 0.6) is 0 Å². The Morgan fingerprint density at radius 1 is 1.50 bits per heavy atom. The summed E-state index contributed by atoms with van der Waals surface area (Å²) < 4.78 is 26.0. The number of rotatable bonds is 2. The highest BCUT2D eigenvalue weighted by Gasteiger charge is 2.17. The third kappa shape index (κ3) is 1.60. The fraction of sp³-hybridized carbons (Fsp3) is 0.222. The van der Waals surface area contributed by atoms with Gasteiger partial charge < -0.3 is 5.11 Å². The molecule has 5 nitrogen and oxygen atoms in total. The van der Waals surface area contributed by atoms with Crippen LogP contribution >= 0.6 is 0 Å². The second-order valence-electron chi connectivity index (χ2n) is 3.21. The summed E-state index contributed by atoms with van der Waals surface area (Å²) in [5, 5.41) is 12.7. The second-order valence-corrected chi connectivity index (χ2v) is 3.21. The highest BCUT2D eigenvalue weighted by atomic mass is 19.3. The fourth-order valence-electron chi connectivity index (χ4n) is 1.39. The lowest BCUT2D eigenvalue weighted by Crippen LogP contribution is -2.07. The van der Waals surface area contributed by atoms with E-state index >= 15 is 0 Å². The Kier molecular flexibility index (Phi) is 2.30. The van der Waals surface area contributed by atoms with E-state index in [9.17, 15) is 13.6 Å². The van der Waals surface area contributed by atoms with E-state index in [-0.39, 0.29) is 16.9 Å². The molecule has 0 aliphatic carbocycles. The molecule has 16 heavy (non-hydrogen) atoms. The molecule has 1 N–H and O–H groups in total. The zero-order chi connectivity index (χ0) is 11.9. The minimum atomic E-state index is -2.74. The molecule has 0 aliphatic heterocycles. The van der Waals surface area contributed by atoms with Gasteiger partial charge in [0.1, 0.15) is 5.82 Å². The number of carboxylic acids is 1. The van der Waals surface area contributed by atoms with Gasteiger partial charge in [0.15, 0.2) is 11.3 Å². The molecular formula is C9H7F2N3O2. The van der Waals surface area contributed by atoms with Crippen LogP contribution in [0.4, 0.5) is 8.78 Å². The smallest absolute Gasteiger partial charge is 0.354 e. The van der Waals surface area contributed by atoms with Gasteiger partial charge in [0.05, 0.1) is 0 Å². The zero-order valence-electron chi connectivity index (χ0n) is 8.19. The van der Waals surface area contributed by atoms with Crippen molar-refractivity contribution in [2.45, 2.75) is 13.3 Å². The predicted molar refractivity (Wildman–Crippen MR) is 49.6 cm³/mol. The number of aromatic nitrogens is 3. The van der Waals surface area contributed by atoms with Crippen LogP contribution in [0, 0.1) is 6.92 Å². The Hall–Kier alpha value is -2.05. The van der Waals surface area contributed by atoms with Crippen LogP contribution in [0.2, 0.25) is 0 Å². The van der Waals surface area contributed by atoms with Crippen LogP contribution in [0.25, 0.3) is 5.65 Å². The topological polar surface area (TPSA) is 67.5 Å². The molecule has 2 aromatic rings. The lowest BCUT2D eigenvalue weighted by atomic mass is 10.2. The number of pyridine rings is 1. The molecule has 0 saturated heterocycles. The van der Waals surface area contributed by atoms with Crippen molar-refractivity contribution in [3.8, 4) is 0 Å². The third-order valence-electron chi connectivity index (χ3n) is 2.04.